The summed E-state index contributed by atoms with van der Waals surface area (Å²) in [6.45, 7) is 4.90. The molecule has 1 aromatic carbocycles. The van der Waals surface area contributed by atoms with E-state index in [2.05, 4.69) is 4.98 Å². The van der Waals surface area contributed by atoms with Crippen LogP contribution in [0.25, 0.3) is 0 Å². The van der Waals surface area contributed by atoms with Crippen LogP contribution < -0.4 is 0 Å². The number of hydrogen-bond acceptors (Lipinski definition) is 5. The summed E-state index contributed by atoms with van der Waals surface area (Å²) < 4.78 is 27.3. The van der Waals surface area contributed by atoms with Crippen LogP contribution in [0.1, 0.15) is 29.7 Å². The van der Waals surface area contributed by atoms with E-state index in [9.17, 15) is 18.5 Å². The van der Waals surface area contributed by atoms with Gasteiger partial charge >= 0.3 is 0 Å². The minimum atomic E-state index is -3.81. The maximum absolute atomic E-state index is 13.0. The number of aryl methyl sites for hydroxylation is 2. The molecule has 0 saturated carbocycles. The summed E-state index contributed by atoms with van der Waals surface area (Å²) >= 11 is 0. The minimum Gasteiger partial charge on any atom is -0.264 e. The Morgan fingerprint density at radius 3 is 2.29 bits per heavy atom. The van der Waals surface area contributed by atoms with Crippen molar-refractivity contribution in [2.24, 2.45) is 0 Å². The summed E-state index contributed by atoms with van der Waals surface area (Å²) in [7, 11) is -2.31. The van der Waals surface area contributed by atoms with Crippen molar-refractivity contribution in [1.82, 2.24) is 9.29 Å². The van der Waals surface area contributed by atoms with Gasteiger partial charge in [0, 0.05) is 37.6 Å². The van der Waals surface area contributed by atoms with Crippen molar-refractivity contribution in [2.75, 3.05) is 7.05 Å². The van der Waals surface area contributed by atoms with Crippen molar-refractivity contribution in [3.63, 3.8) is 0 Å². The molecule has 1 aromatic heterocycles. The molecular weight excluding hydrogens is 330 g/mol. The zero-order valence-corrected chi connectivity index (χ0v) is 14.7. The summed E-state index contributed by atoms with van der Waals surface area (Å²) in [4.78, 5) is 14.5. The molecule has 1 atom stereocenters. The topological polar surface area (TPSA) is 93.4 Å². The predicted molar refractivity (Wildman–Crippen MR) is 90.2 cm³/mol. The Labute approximate surface area is 141 Å². The van der Waals surface area contributed by atoms with Crippen molar-refractivity contribution in [2.45, 2.75) is 31.7 Å². The van der Waals surface area contributed by atoms with Crippen molar-refractivity contribution < 1.29 is 13.3 Å². The summed E-state index contributed by atoms with van der Waals surface area (Å²) in [5.41, 5.74) is 1.35. The molecule has 0 aliphatic heterocycles. The highest BCUT2D eigenvalue weighted by Gasteiger charge is 2.30. The standard InChI is InChI=1S/C16H19N3O4S/c1-11-8-15(19(20)21)9-12(2)16(11)24(22,23)18(4)13(3)14-6-5-7-17-10-14/h5-10,13H,1-4H3. The number of nitro benzene ring substituents is 1. The smallest absolute Gasteiger partial charge is 0.264 e. The lowest BCUT2D eigenvalue weighted by Crippen LogP contribution is -2.31. The highest BCUT2D eigenvalue weighted by Crippen LogP contribution is 2.31. The monoisotopic (exact) mass is 349 g/mol. The molecule has 0 aliphatic rings. The van der Waals surface area contributed by atoms with Crippen LogP contribution in [0.5, 0.6) is 0 Å². The number of pyridine rings is 1. The quantitative estimate of drug-likeness (QED) is 0.611. The second-order valence-corrected chi connectivity index (χ2v) is 7.58. The summed E-state index contributed by atoms with van der Waals surface area (Å²) in [6, 6.07) is 5.69. The van der Waals surface area contributed by atoms with Crippen LogP contribution in [0, 0.1) is 24.0 Å². The molecule has 1 heterocycles. The van der Waals surface area contributed by atoms with E-state index in [1.54, 1.807) is 45.3 Å². The zero-order chi connectivity index (χ0) is 18.1. The summed E-state index contributed by atoms with van der Waals surface area (Å²) in [6.07, 6.45) is 3.24. The molecule has 0 spiro atoms. The van der Waals surface area contributed by atoms with Gasteiger partial charge in [-0.2, -0.15) is 4.31 Å². The largest absolute Gasteiger partial charge is 0.270 e. The van der Waals surface area contributed by atoms with Gasteiger partial charge in [-0.25, -0.2) is 8.42 Å². The Morgan fingerprint density at radius 2 is 1.83 bits per heavy atom. The van der Waals surface area contributed by atoms with Crippen LogP contribution in [-0.4, -0.2) is 29.7 Å². The number of hydrogen-bond donors (Lipinski definition) is 0. The highest BCUT2D eigenvalue weighted by atomic mass is 32.2. The molecule has 2 rings (SSSR count). The molecule has 128 valence electrons. The SMILES string of the molecule is Cc1cc([N+](=O)[O-])cc(C)c1S(=O)(=O)N(C)C(C)c1cccnc1. The number of benzene rings is 1. The predicted octanol–water partition coefficient (Wildman–Crippen LogP) is 2.99. The van der Waals surface area contributed by atoms with Crippen LogP contribution in [0.4, 0.5) is 5.69 Å². The molecule has 24 heavy (non-hydrogen) atoms. The molecule has 0 radical (unpaired) electrons. The first kappa shape index (κ1) is 18.0. The number of nitrogens with zero attached hydrogens (tertiary/aromatic N) is 3. The van der Waals surface area contributed by atoms with E-state index in [-0.39, 0.29) is 10.6 Å². The number of rotatable bonds is 5. The Morgan fingerprint density at radius 1 is 1.25 bits per heavy atom. The Bertz CT molecular complexity index is 843. The second kappa shape index (κ2) is 6.66. The van der Waals surface area contributed by atoms with Crippen LogP contribution in [0.15, 0.2) is 41.6 Å². The molecule has 0 saturated heterocycles. The van der Waals surface area contributed by atoms with E-state index in [4.69, 9.17) is 0 Å². The van der Waals surface area contributed by atoms with Crippen LogP contribution in [-0.2, 0) is 10.0 Å². The average molecular weight is 349 g/mol. The van der Waals surface area contributed by atoms with E-state index in [1.807, 2.05) is 0 Å². The van der Waals surface area contributed by atoms with Crippen molar-refractivity contribution in [3.05, 3.63) is 63.5 Å². The molecule has 0 bridgehead atoms. The van der Waals surface area contributed by atoms with Gasteiger partial charge in [0.15, 0.2) is 0 Å². The minimum absolute atomic E-state index is 0.103. The van der Waals surface area contributed by atoms with Crippen molar-refractivity contribution >= 4 is 15.7 Å². The Balaban J connectivity index is 2.49. The number of sulfonamides is 1. The third-order valence-electron chi connectivity index (χ3n) is 4.01. The third-order valence-corrected chi connectivity index (χ3v) is 6.24. The van der Waals surface area contributed by atoms with Gasteiger partial charge in [-0.3, -0.25) is 15.1 Å². The fourth-order valence-corrected chi connectivity index (χ4v) is 4.38. The lowest BCUT2D eigenvalue weighted by Gasteiger charge is -2.26. The molecule has 2 aromatic rings. The number of non-ortho nitro benzene ring substituents is 1. The van der Waals surface area contributed by atoms with E-state index in [1.165, 1.54) is 23.5 Å². The fraction of sp³-hybridized carbons (Fsp3) is 0.312. The number of aromatic nitrogens is 1. The van der Waals surface area contributed by atoms with Gasteiger partial charge in [0.25, 0.3) is 5.69 Å². The molecule has 0 amide bonds. The van der Waals surface area contributed by atoms with E-state index in [0.29, 0.717) is 11.1 Å². The van der Waals surface area contributed by atoms with E-state index in [0.717, 1.165) is 5.56 Å². The van der Waals surface area contributed by atoms with Gasteiger partial charge in [-0.15, -0.1) is 0 Å². The van der Waals surface area contributed by atoms with Crippen LogP contribution in [0.3, 0.4) is 0 Å². The van der Waals surface area contributed by atoms with Gasteiger partial charge < -0.3 is 0 Å². The molecule has 1 unspecified atom stereocenters. The fourth-order valence-electron chi connectivity index (χ4n) is 2.62. The van der Waals surface area contributed by atoms with Gasteiger partial charge in [-0.05, 0) is 43.5 Å². The molecular formula is C16H19N3O4S. The lowest BCUT2D eigenvalue weighted by atomic mass is 10.1. The van der Waals surface area contributed by atoms with Crippen LogP contribution >= 0.6 is 0 Å². The van der Waals surface area contributed by atoms with E-state index >= 15 is 0 Å². The van der Waals surface area contributed by atoms with Crippen molar-refractivity contribution in [1.29, 1.82) is 0 Å². The van der Waals surface area contributed by atoms with Gasteiger partial charge in [0.1, 0.15) is 0 Å². The normalized spacial score (nSPS) is 13.0. The molecule has 8 heteroatoms. The maximum Gasteiger partial charge on any atom is 0.270 e. The van der Waals surface area contributed by atoms with Gasteiger partial charge in [-0.1, -0.05) is 6.07 Å². The average Bonchev–Trinajstić information content (AvgIpc) is 2.53. The van der Waals surface area contributed by atoms with E-state index < -0.39 is 21.0 Å². The van der Waals surface area contributed by atoms with Gasteiger partial charge in [0.05, 0.1) is 9.82 Å². The maximum atomic E-state index is 13.0. The molecule has 0 fully saturated rings. The first-order valence-electron chi connectivity index (χ1n) is 7.30. The molecule has 0 N–H and O–H groups in total. The first-order chi connectivity index (χ1) is 11.2. The number of nitro groups is 1. The summed E-state index contributed by atoms with van der Waals surface area (Å²) in [5, 5.41) is 10.9. The van der Waals surface area contributed by atoms with Gasteiger partial charge in [0.2, 0.25) is 10.0 Å². The zero-order valence-electron chi connectivity index (χ0n) is 13.9. The van der Waals surface area contributed by atoms with Crippen molar-refractivity contribution in [3.8, 4) is 0 Å². The third kappa shape index (κ3) is 3.29. The molecule has 0 aliphatic carbocycles. The van der Waals surface area contributed by atoms with Crippen LogP contribution in [0.2, 0.25) is 0 Å². The highest BCUT2D eigenvalue weighted by molar-refractivity contribution is 7.89. The Kier molecular flexibility index (Phi) is 5.00. The summed E-state index contributed by atoms with van der Waals surface area (Å²) in [5.74, 6) is 0. The second-order valence-electron chi connectivity index (χ2n) is 5.65. The first-order valence-corrected chi connectivity index (χ1v) is 8.74. The lowest BCUT2D eigenvalue weighted by molar-refractivity contribution is -0.385. The Hall–Kier alpha value is -2.32. The molecule has 7 nitrogen and oxygen atoms in total.